The van der Waals surface area contributed by atoms with Crippen LogP contribution in [0.25, 0.3) is 0 Å². The number of sulfonamides is 1. The van der Waals surface area contributed by atoms with Crippen LogP contribution in [0.15, 0.2) is 35.2 Å². The minimum atomic E-state index is -3.79. The highest BCUT2D eigenvalue weighted by molar-refractivity contribution is 7.93. The monoisotopic (exact) mass is 351 g/mol. The van der Waals surface area contributed by atoms with Crippen molar-refractivity contribution in [1.82, 2.24) is 0 Å². The zero-order chi connectivity index (χ0) is 16.6. The van der Waals surface area contributed by atoms with E-state index in [2.05, 4.69) is 11.6 Å². The van der Waals surface area contributed by atoms with Crippen molar-refractivity contribution >= 4 is 32.3 Å². The summed E-state index contributed by atoms with van der Waals surface area (Å²) in [7, 11) is -3.79. The standard InChI is InChI=1S/C16H17NO4S2/c1-10-7-8-13-12(9-10)14(16(18)19)15(22-13)17-23(20,21)11-5-3-2-4-6-11/h2-6,10,17H,7-9H2,1H3,(H,18,19). The fourth-order valence-corrected chi connectivity index (χ4v) is 5.40. The van der Waals surface area contributed by atoms with E-state index in [1.165, 1.54) is 23.5 Å². The van der Waals surface area contributed by atoms with Gasteiger partial charge in [0.05, 0.1) is 10.5 Å². The minimum absolute atomic E-state index is 0.107. The number of thiophene rings is 1. The molecule has 3 rings (SSSR count). The molecule has 0 aliphatic heterocycles. The summed E-state index contributed by atoms with van der Waals surface area (Å²) >= 11 is 1.24. The summed E-state index contributed by atoms with van der Waals surface area (Å²) in [5.41, 5.74) is 0.892. The molecule has 1 unspecified atom stereocenters. The summed E-state index contributed by atoms with van der Waals surface area (Å²) in [6.45, 7) is 2.08. The van der Waals surface area contributed by atoms with Crippen molar-refractivity contribution in [2.75, 3.05) is 4.72 Å². The molecule has 1 aliphatic carbocycles. The Morgan fingerprint density at radius 2 is 2.00 bits per heavy atom. The van der Waals surface area contributed by atoms with E-state index in [1.54, 1.807) is 18.2 Å². The molecular weight excluding hydrogens is 334 g/mol. The molecule has 0 bridgehead atoms. The van der Waals surface area contributed by atoms with Crippen molar-refractivity contribution < 1.29 is 18.3 Å². The molecule has 0 fully saturated rings. The lowest BCUT2D eigenvalue weighted by molar-refractivity contribution is 0.0697. The number of benzene rings is 1. The van der Waals surface area contributed by atoms with Gasteiger partial charge in [-0.2, -0.15) is 0 Å². The second-order valence-electron chi connectivity index (χ2n) is 5.78. The lowest BCUT2D eigenvalue weighted by Crippen LogP contribution is -2.16. The first-order valence-electron chi connectivity index (χ1n) is 7.34. The molecule has 0 radical (unpaired) electrons. The van der Waals surface area contributed by atoms with Crippen LogP contribution in [-0.4, -0.2) is 19.5 Å². The zero-order valence-corrected chi connectivity index (χ0v) is 14.2. The average molecular weight is 351 g/mol. The highest BCUT2D eigenvalue weighted by Crippen LogP contribution is 2.40. The molecule has 23 heavy (non-hydrogen) atoms. The number of anilines is 1. The van der Waals surface area contributed by atoms with Crippen LogP contribution in [0.1, 0.15) is 34.1 Å². The number of aryl methyl sites for hydroxylation is 1. The Labute approximate surface area is 139 Å². The van der Waals surface area contributed by atoms with Gasteiger partial charge in [0.2, 0.25) is 0 Å². The molecule has 122 valence electrons. The number of hydrogen-bond acceptors (Lipinski definition) is 4. The van der Waals surface area contributed by atoms with Crippen molar-refractivity contribution in [1.29, 1.82) is 0 Å². The van der Waals surface area contributed by atoms with Crippen molar-refractivity contribution in [3.8, 4) is 0 Å². The summed E-state index contributed by atoms with van der Waals surface area (Å²) in [5.74, 6) is -0.670. The van der Waals surface area contributed by atoms with Gasteiger partial charge < -0.3 is 5.11 Å². The topological polar surface area (TPSA) is 83.5 Å². The fraction of sp³-hybridized carbons (Fsp3) is 0.312. The second-order valence-corrected chi connectivity index (χ2v) is 8.57. The van der Waals surface area contributed by atoms with Crippen molar-refractivity contribution in [3.63, 3.8) is 0 Å². The first kappa shape index (κ1) is 16.0. The number of rotatable bonds is 4. The van der Waals surface area contributed by atoms with E-state index in [1.807, 2.05) is 0 Å². The average Bonchev–Trinajstić information content (AvgIpc) is 2.84. The summed E-state index contributed by atoms with van der Waals surface area (Å²) in [4.78, 5) is 12.8. The fourth-order valence-electron chi connectivity index (χ4n) is 2.84. The third-order valence-electron chi connectivity index (χ3n) is 4.00. The van der Waals surface area contributed by atoms with Gasteiger partial charge in [-0.15, -0.1) is 11.3 Å². The Morgan fingerprint density at radius 1 is 1.30 bits per heavy atom. The van der Waals surface area contributed by atoms with Gasteiger partial charge in [-0.3, -0.25) is 4.72 Å². The van der Waals surface area contributed by atoms with Crippen LogP contribution < -0.4 is 4.72 Å². The Hall–Kier alpha value is -1.86. The number of carboxylic acid groups (broad SMARTS) is 1. The number of aromatic carboxylic acids is 1. The maximum absolute atomic E-state index is 12.5. The van der Waals surface area contributed by atoms with Crippen LogP contribution in [0.3, 0.4) is 0 Å². The predicted molar refractivity (Wildman–Crippen MR) is 89.7 cm³/mol. The molecular formula is C16H17NO4S2. The van der Waals surface area contributed by atoms with Gasteiger partial charge >= 0.3 is 5.97 Å². The van der Waals surface area contributed by atoms with Gasteiger partial charge in [-0.1, -0.05) is 25.1 Å². The molecule has 1 heterocycles. The van der Waals surface area contributed by atoms with E-state index in [4.69, 9.17) is 0 Å². The van der Waals surface area contributed by atoms with Gasteiger partial charge in [0, 0.05) is 4.88 Å². The molecule has 1 aromatic heterocycles. The maximum atomic E-state index is 12.5. The molecule has 0 spiro atoms. The SMILES string of the molecule is CC1CCc2sc(NS(=O)(=O)c3ccccc3)c(C(=O)O)c2C1. The third kappa shape index (κ3) is 3.11. The molecule has 0 saturated heterocycles. The predicted octanol–water partition coefficient (Wildman–Crippen LogP) is 3.37. The lowest BCUT2D eigenvalue weighted by atomic mass is 9.88. The summed E-state index contributed by atoms with van der Waals surface area (Å²) in [5, 5.41) is 9.74. The van der Waals surface area contributed by atoms with E-state index in [0.29, 0.717) is 12.3 Å². The van der Waals surface area contributed by atoms with Crippen molar-refractivity contribution in [2.24, 2.45) is 5.92 Å². The quantitative estimate of drug-likeness (QED) is 0.884. The van der Waals surface area contributed by atoms with Gasteiger partial charge in [0.25, 0.3) is 10.0 Å². The molecule has 2 N–H and O–H groups in total. The van der Waals surface area contributed by atoms with Crippen LogP contribution in [0.4, 0.5) is 5.00 Å². The largest absolute Gasteiger partial charge is 0.478 e. The molecule has 0 amide bonds. The lowest BCUT2D eigenvalue weighted by Gasteiger charge is -2.18. The number of carbonyl (C=O) groups is 1. The van der Waals surface area contributed by atoms with E-state index in [9.17, 15) is 18.3 Å². The van der Waals surface area contributed by atoms with Gasteiger partial charge in [-0.05, 0) is 42.9 Å². The van der Waals surface area contributed by atoms with Crippen LogP contribution in [0.2, 0.25) is 0 Å². The highest BCUT2D eigenvalue weighted by atomic mass is 32.2. The van der Waals surface area contributed by atoms with Crippen molar-refractivity contribution in [2.45, 2.75) is 31.1 Å². The number of carboxylic acids is 1. The second kappa shape index (κ2) is 5.98. The van der Waals surface area contributed by atoms with Crippen LogP contribution >= 0.6 is 11.3 Å². The summed E-state index contributed by atoms with van der Waals surface area (Å²) in [6.07, 6.45) is 2.48. The number of nitrogens with one attached hydrogen (secondary N) is 1. The first-order chi connectivity index (χ1) is 10.9. The Kier molecular flexibility index (Phi) is 4.16. The third-order valence-corrected chi connectivity index (χ3v) is 6.70. The molecule has 2 aromatic rings. The Bertz CT molecular complexity index is 840. The van der Waals surface area contributed by atoms with Gasteiger partial charge in [0.1, 0.15) is 5.00 Å². The van der Waals surface area contributed by atoms with Crippen LogP contribution in [-0.2, 0) is 22.9 Å². The molecule has 5 nitrogen and oxygen atoms in total. The van der Waals surface area contributed by atoms with E-state index >= 15 is 0 Å². The van der Waals surface area contributed by atoms with E-state index in [-0.39, 0.29) is 15.5 Å². The van der Waals surface area contributed by atoms with Gasteiger partial charge in [-0.25, -0.2) is 13.2 Å². The molecule has 0 saturated carbocycles. The van der Waals surface area contributed by atoms with Crippen molar-refractivity contribution in [3.05, 3.63) is 46.3 Å². The molecule has 1 aliphatic rings. The van der Waals surface area contributed by atoms with Crippen LogP contribution in [0.5, 0.6) is 0 Å². The minimum Gasteiger partial charge on any atom is -0.478 e. The van der Waals surface area contributed by atoms with E-state index in [0.717, 1.165) is 23.3 Å². The summed E-state index contributed by atoms with van der Waals surface area (Å²) < 4.78 is 27.4. The number of fused-ring (bicyclic) bond motifs is 1. The summed E-state index contributed by atoms with van der Waals surface area (Å²) in [6, 6.07) is 7.96. The molecule has 1 aromatic carbocycles. The highest BCUT2D eigenvalue weighted by Gasteiger charge is 2.29. The Morgan fingerprint density at radius 3 is 2.65 bits per heavy atom. The first-order valence-corrected chi connectivity index (χ1v) is 9.64. The van der Waals surface area contributed by atoms with E-state index < -0.39 is 16.0 Å². The number of hydrogen-bond donors (Lipinski definition) is 2. The smallest absolute Gasteiger partial charge is 0.339 e. The molecule has 7 heteroatoms. The normalized spacial score (nSPS) is 17.5. The maximum Gasteiger partial charge on any atom is 0.339 e. The van der Waals surface area contributed by atoms with Gasteiger partial charge in [0.15, 0.2) is 0 Å². The Balaban J connectivity index is 2.02. The van der Waals surface area contributed by atoms with Crippen LogP contribution in [0, 0.1) is 5.92 Å². The zero-order valence-electron chi connectivity index (χ0n) is 12.6. The molecule has 1 atom stereocenters.